The number of aromatic nitrogens is 3. The molecule has 1 aromatic heterocycles. The van der Waals surface area contributed by atoms with E-state index in [2.05, 4.69) is 15.6 Å². The van der Waals surface area contributed by atoms with Gasteiger partial charge in [-0.05, 0) is 36.6 Å². The molecule has 0 bridgehead atoms. The quantitative estimate of drug-likeness (QED) is 0.185. The van der Waals surface area contributed by atoms with Crippen LogP contribution in [0.2, 0.25) is 0 Å². The first-order chi connectivity index (χ1) is 17.9. The molecule has 1 atom stereocenters. The van der Waals surface area contributed by atoms with Gasteiger partial charge in [-0.15, -0.1) is 5.10 Å². The summed E-state index contributed by atoms with van der Waals surface area (Å²) in [5.41, 5.74) is 4.87. The van der Waals surface area contributed by atoms with Gasteiger partial charge in [-0.1, -0.05) is 72.4 Å². The number of amides is 1. The van der Waals surface area contributed by atoms with Crippen molar-refractivity contribution in [3.8, 4) is 0 Å². The highest BCUT2D eigenvalue weighted by Crippen LogP contribution is 2.37. The number of carbonyl (C=O) groups is 1. The molecule has 0 spiro atoms. The van der Waals surface area contributed by atoms with E-state index >= 15 is 0 Å². The number of non-ortho nitro benzene ring substituents is 1. The van der Waals surface area contributed by atoms with Crippen molar-refractivity contribution in [2.24, 2.45) is 0 Å². The van der Waals surface area contributed by atoms with Gasteiger partial charge in [0.25, 0.3) is 11.6 Å². The van der Waals surface area contributed by atoms with Crippen molar-refractivity contribution in [3.05, 3.63) is 117 Å². The van der Waals surface area contributed by atoms with E-state index in [4.69, 9.17) is 5.10 Å². The number of hydrogen-bond donors (Lipinski definition) is 2. The maximum Gasteiger partial charge on any atom is 0.269 e. The summed E-state index contributed by atoms with van der Waals surface area (Å²) in [7, 11) is 0. The lowest BCUT2D eigenvalue weighted by molar-refractivity contribution is -0.384. The Morgan fingerprint density at radius 3 is 2.46 bits per heavy atom. The van der Waals surface area contributed by atoms with Crippen LogP contribution in [0.5, 0.6) is 0 Å². The van der Waals surface area contributed by atoms with Gasteiger partial charge in [0, 0.05) is 29.3 Å². The minimum Gasteiger partial charge on any atom is -0.328 e. The molecule has 0 fully saturated rings. The zero-order valence-electron chi connectivity index (χ0n) is 20.2. The maximum absolute atomic E-state index is 13.6. The molecule has 0 saturated carbocycles. The van der Waals surface area contributed by atoms with Crippen LogP contribution >= 0.6 is 11.8 Å². The van der Waals surface area contributed by atoms with Crippen LogP contribution in [0.4, 0.5) is 17.3 Å². The number of nitro benzene ring substituents is 1. The summed E-state index contributed by atoms with van der Waals surface area (Å²) in [6.07, 6.45) is 0. The van der Waals surface area contributed by atoms with Gasteiger partial charge >= 0.3 is 0 Å². The molecule has 3 aromatic carbocycles. The summed E-state index contributed by atoms with van der Waals surface area (Å²) in [5, 5.41) is 22.5. The smallest absolute Gasteiger partial charge is 0.269 e. The molecular formula is C27H24N6O3S. The number of thioether (sulfide) groups is 1. The Morgan fingerprint density at radius 1 is 1.05 bits per heavy atom. The Balaban J connectivity index is 1.44. The van der Waals surface area contributed by atoms with Crippen LogP contribution < -0.4 is 10.6 Å². The maximum atomic E-state index is 13.6. The second-order valence-electron chi connectivity index (χ2n) is 8.62. The number of nitro groups is 1. The normalized spacial score (nSPS) is 14.6. The molecule has 2 heterocycles. The number of hydrogen-bond acceptors (Lipinski definition) is 7. The van der Waals surface area contributed by atoms with Gasteiger partial charge < -0.3 is 10.6 Å². The van der Waals surface area contributed by atoms with Gasteiger partial charge in [0.1, 0.15) is 6.04 Å². The summed E-state index contributed by atoms with van der Waals surface area (Å²) in [6, 6.07) is 23.4. The van der Waals surface area contributed by atoms with E-state index in [-0.39, 0.29) is 11.6 Å². The molecule has 1 unspecified atom stereocenters. The van der Waals surface area contributed by atoms with Crippen molar-refractivity contribution in [3.63, 3.8) is 0 Å². The first-order valence-corrected chi connectivity index (χ1v) is 12.6. The largest absolute Gasteiger partial charge is 0.328 e. The van der Waals surface area contributed by atoms with Crippen molar-refractivity contribution in [1.82, 2.24) is 14.8 Å². The number of aryl methyl sites for hydroxylation is 1. The fourth-order valence-electron chi connectivity index (χ4n) is 4.19. The highest BCUT2D eigenvalue weighted by atomic mass is 32.2. The van der Waals surface area contributed by atoms with E-state index < -0.39 is 11.0 Å². The zero-order valence-corrected chi connectivity index (χ0v) is 21.0. The Kier molecular flexibility index (Phi) is 6.74. The van der Waals surface area contributed by atoms with Gasteiger partial charge in [-0.3, -0.25) is 14.9 Å². The highest BCUT2D eigenvalue weighted by molar-refractivity contribution is 7.98. The molecule has 0 saturated heterocycles. The van der Waals surface area contributed by atoms with Crippen molar-refractivity contribution < 1.29 is 9.72 Å². The summed E-state index contributed by atoms with van der Waals surface area (Å²) < 4.78 is 1.74. The average molecular weight is 513 g/mol. The number of nitrogens with zero attached hydrogens (tertiary/aromatic N) is 4. The predicted molar refractivity (Wildman–Crippen MR) is 143 cm³/mol. The number of allylic oxidation sites excluding steroid dienone is 1. The highest BCUT2D eigenvalue weighted by Gasteiger charge is 2.34. The summed E-state index contributed by atoms with van der Waals surface area (Å²) in [4.78, 5) is 28.7. The molecule has 4 aromatic rings. The molecule has 186 valence electrons. The number of para-hydroxylation sites is 1. The number of anilines is 2. The van der Waals surface area contributed by atoms with Crippen molar-refractivity contribution in [2.75, 3.05) is 10.6 Å². The monoisotopic (exact) mass is 512 g/mol. The van der Waals surface area contributed by atoms with Crippen LogP contribution in [0.1, 0.15) is 29.7 Å². The van der Waals surface area contributed by atoms with E-state index in [1.54, 1.807) is 16.8 Å². The third kappa shape index (κ3) is 5.10. The van der Waals surface area contributed by atoms with Crippen molar-refractivity contribution in [2.45, 2.75) is 30.8 Å². The molecule has 0 aliphatic carbocycles. The number of benzene rings is 3. The zero-order chi connectivity index (χ0) is 25.9. The van der Waals surface area contributed by atoms with Crippen LogP contribution in [0.25, 0.3) is 0 Å². The average Bonchev–Trinajstić information content (AvgIpc) is 3.31. The van der Waals surface area contributed by atoms with E-state index in [1.807, 2.05) is 68.4 Å². The van der Waals surface area contributed by atoms with Gasteiger partial charge in [-0.2, -0.15) is 4.98 Å². The Bertz CT molecular complexity index is 1500. The van der Waals surface area contributed by atoms with E-state index in [1.165, 1.54) is 23.9 Å². The van der Waals surface area contributed by atoms with E-state index in [0.29, 0.717) is 28.1 Å². The fourth-order valence-corrected chi connectivity index (χ4v) is 4.98. The molecule has 2 N–H and O–H groups in total. The summed E-state index contributed by atoms with van der Waals surface area (Å²) in [6.45, 7) is 3.82. The Hall–Kier alpha value is -4.44. The SMILES string of the molecule is CC1=C(C(=O)Nc2ccccc2C)C(c2ccccc2)n2nc(SCc3ccc([N+](=O)[O-])cc3)nc2N1. The second-order valence-corrected chi connectivity index (χ2v) is 9.56. The van der Waals surface area contributed by atoms with Gasteiger partial charge in [0.2, 0.25) is 11.1 Å². The van der Waals surface area contributed by atoms with Gasteiger partial charge in [0.15, 0.2) is 0 Å². The first-order valence-electron chi connectivity index (χ1n) is 11.6. The van der Waals surface area contributed by atoms with Crippen molar-refractivity contribution >= 4 is 35.0 Å². The molecule has 37 heavy (non-hydrogen) atoms. The Morgan fingerprint density at radius 2 is 1.76 bits per heavy atom. The molecule has 1 amide bonds. The third-order valence-corrected chi connectivity index (χ3v) is 7.01. The molecule has 0 radical (unpaired) electrons. The van der Waals surface area contributed by atoms with Crippen LogP contribution in [0.3, 0.4) is 0 Å². The summed E-state index contributed by atoms with van der Waals surface area (Å²) in [5.74, 6) is 0.879. The lowest BCUT2D eigenvalue weighted by atomic mass is 9.95. The number of nitrogens with one attached hydrogen (secondary N) is 2. The minimum absolute atomic E-state index is 0.0530. The topological polar surface area (TPSA) is 115 Å². The van der Waals surface area contributed by atoms with E-state index in [9.17, 15) is 14.9 Å². The van der Waals surface area contributed by atoms with Crippen LogP contribution in [0, 0.1) is 17.0 Å². The number of carbonyl (C=O) groups excluding carboxylic acids is 1. The van der Waals surface area contributed by atoms with E-state index in [0.717, 1.165) is 22.4 Å². The third-order valence-electron chi connectivity index (χ3n) is 6.10. The Labute approximate surface area is 217 Å². The first kappa shape index (κ1) is 24.3. The summed E-state index contributed by atoms with van der Waals surface area (Å²) >= 11 is 1.42. The standard InChI is InChI=1S/C27H24N6O3S/c1-17-8-6-7-11-22(17)29-25(34)23-18(2)28-26-30-27(31-32(26)24(23)20-9-4-3-5-10-20)37-16-19-12-14-21(15-13-19)33(35)36/h3-15,24H,16H2,1-2H3,(H,29,34)(H,28,30,31). The van der Waals surface area contributed by atoms with Crippen molar-refractivity contribution in [1.29, 1.82) is 0 Å². The van der Waals surface area contributed by atoms with Crippen LogP contribution in [-0.2, 0) is 10.5 Å². The number of fused-ring (bicyclic) bond motifs is 1. The lowest BCUT2D eigenvalue weighted by Gasteiger charge is -2.28. The molecule has 10 heteroatoms. The molecule has 9 nitrogen and oxygen atoms in total. The number of rotatable bonds is 7. The van der Waals surface area contributed by atoms with Gasteiger partial charge in [-0.25, -0.2) is 4.68 Å². The minimum atomic E-state index is -0.470. The molecule has 1 aliphatic rings. The second kappa shape index (κ2) is 10.3. The lowest BCUT2D eigenvalue weighted by Crippen LogP contribution is -2.31. The van der Waals surface area contributed by atoms with Gasteiger partial charge in [0.05, 0.1) is 10.5 Å². The predicted octanol–water partition coefficient (Wildman–Crippen LogP) is 5.71. The molecule has 5 rings (SSSR count). The molecular weight excluding hydrogens is 488 g/mol. The molecule has 1 aliphatic heterocycles. The van der Waals surface area contributed by atoms with Crippen LogP contribution in [-0.4, -0.2) is 25.6 Å². The van der Waals surface area contributed by atoms with Crippen LogP contribution in [0.15, 0.2) is 95.3 Å². The fraction of sp³-hybridized carbons (Fsp3) is 0.148.